The summed E-state index contributed by atoms with van der Waals surface area (Å²) in [4.78, 5) is 5.29. The Bertz CT molecular complexity index is 1050. The van der Waals surface area contributed by atoms with Crippen LogP contribution in [0.1, 0.15) is 0 Å². The minimum absolute atomic E-state index is 0.0885. The lowest BCUT2D eigenvalue weighted by Gasteiger charge is -2.07. The first-order chi connectivity index (χ1) is 11.4. The molecule has 0 bridgehead atoms. The van der Waals surface area contributed by atoms with Crippen LogP contribution in [0.3, 0.4) is 0 Å². The summed E-state index contributed by atoms with van der Waals surface area (Å²) in [6.45, 7) is 0. The number of para-hydroxylation sites is 1. The molecule has 2 N–H and O–H groups in total. The largest absolute Gasteiger partial charge is 0.320 e. The molecule has 0 spiro atoms. The quantitative estimate of drug-likeness (QED) is 0.757. The summed E-state index contributed by atoms with van der Waals surface area (Å²) in [5.74, 6) is 0. The zero-order valence-electron chi connectivity index (χ0n) is 12.7. The number of rotatable bonds is 3. The van der Waals surface area contributed by atoms with E-state index < -0.39 is 10.0 Å². The Hall–Kier alpha value is -1.93. The van der Waals surface area contributed by atoms with Crippen LogP contribution in [0.15, 0.2) is 63.8 Å². The summed E-state index contributed by atoms with van der Waals surface area (Å²) in [6.07, 6.45) is 0. The second kappa shape index (κ2) is 6.52. The molecule has 3 rings (SSSR count). The minimum atomic E-state index is -3.88. The molecule has 0 fully saturated rings. The monoisotopic (exact) mass is 379 g/mol. The zero-order chi connectivity index (χ0) is 17.3. The van der Waals surface area contributed by atoms with E-state index >= 15 is 0 Å². The molecule has 0 atom stereocenters. The zero-order valence-corrected chi connectivity index (χ0v) is 15.1. The van der Waals surface area contributed by atoms with E-state index in [1.54, 1.807) is 6.07 Å². The number of aromatic nitrogens is 1. The first-order valence-electron chi connectivity index (χ1n) is 6.93. The molecule has 1 aromatic heterocycles. The van der Waals surface area contributed by atoms with Gasteiger partial charge in [0, 0.05) is 18.0 Å². The van der Waals surface area contributed by atoms with Crippen LogP contribution in [0.2, 0.25) is 5.02 Å². The van der Waals surface area contributed by atoms with Crippen molar-refractivity contribution in [1.29, 1.82) is 0 Å². The van der Waals surface area contributed by atoms with Crippen molar-refractivity contribution in [3.63, 3.8) is 0 Å². The lowest BCUT2D eigenvalue weighted by molar-refractivity contribution is 0.598. The number of nitrogens with two attached hydrogens (primary N) is 1. The fourth-order valence-corrected chi connectivity index (χ4v) is 4.22. The molecular weight excluding hydrogens is 366 g/mol. The van der Waals surface area contributed by atoms with Gasteiger partial charge in [-0.1, -0.05) is 35.9 Å². The van der Waals surface area contributed by atoms with Gasteiger partial charge >= 0.3 is 0 Å². The highest BCUT2D eigenvalue weighted by molar-refractivity contribution is 7.89. The summed E-state index contributed by atoms with van der Waals surface area (Å²) in [5, 5.41) is 7.23. The van der Waals surface area contributed by atoms with Crippen molar-refractivity contribution in [3.05, 3.63) is 63.7 Å². The Morgan fingerprint density at radius 3 is 2.54 bits per heavy atom. The van der Waals surface area contributed by atoms with Crippen molar-refractivity contribution in [1.82, 2.24) is 4.57 Å². The van der Waals surface area contributed by atoms with Crippen molar-refractivity contribution in [3.8, 4) is 11.3 Å². The molecule has 0 saturated heterocycles. The second-order valence-corrected chi connectivity index (χ2v) is 7.87. The number of nitrogens with zero attached hydrogens (tertiary/aromatic N) is 2. The SMILES string of the molecule is Cn1c(-c2ccc(Cl)c(S(N)(=O)=O)c2)csc1=Nc1ccccc1. The van der Waals surface area contributed by atoms with Gasteiger partial charge in [-0.25, -0.2) is 18.5 Å². The number of hydrogen-bond donors (Lipinski definition) is 1. The molecule has 0 aliphatic heterocycles. The van der Waals surface area contributed by atoms with Gasteiger partial charge in [0.1, 0.15) is 4.90 Å². The van der Waals surface area contributed by atoms with E-state index in [1.807, 2.05) is 47.3 Å². The van der Waals surface area contributed by atoms with E-state index in [4.69, 9.17) is 16.7 Å². The Morgan fingerprint density at radius 2 is 1.88 bits per heavy atom. The van der Waals surface area contributed by atoms with Crippen LogP contribution in [-0.2, 0) is 17.1 Å². The van der Waals surface area contributed by atoms with E-state index in [0.29, 0.717) is 5.56 Å². The highest BCUT2D eigenvalue weighted by Crippen LogP contribution is 2.27. The van der Waals surface area contributed by atoms with Crippen molar-refractivity contribution in [2.24, 2.45) is 17.2 Å². The summed E-state index contributed by atoms with van der Waals surface area (Å²) in [6, 6.07) is 14.4. The third-order valence-electron chi connectivity index (χ3n) is 3.44. The van der Waals surface area contributed by atoms with Gasteiger partial charge in [-0.3, -0.25) is 0 Å². The van der Waals surface area contributed by atoms with Crippen molar-refractivity contribution < 1.29 is 8.42 Å². The maximum atomic E-state index is 11.6. The Morgan fingerprint density at radius 1 is 1.17 bits per heavy atom. The van der Waals surface area contributed by atoms with E-state index in [9.17, 15) is 8.42 Å². The molecule has 0 aliphatic carbocycles. The Balaban J connectivity index is 2.11. The highest BCUT2D eigenvalue weighted by Gasteiger charge is 2.15. The number of hydrogen-bond acceptors (Lipinski definition) is 4. The topological polar surface area (TPSA) is 77.5 Å². The predicted molar refractivity (Wildman–Crippen MR) is 96.8 cm³/mol. The number of sulfonamides is 1. The Kier molecular flexibility index (Phi) is 4.60. The van der Waals surface area contributed by atoms with Gasteiger partial charge in [-0.15, -0.1) is 11.3 Å². The number of primary sulfonamides is 1. The van der Waals surface area contributed by atoms with Crippen molar-refractivity contribution in [2.45, 2.75) is 4.90 Å². The first-order valence-corrected chi connectivity index (χ1v) is 9.73. The van der Waals surface area contributed by atoms with E-state index in [2.05, 4.69) is 4.99 Å². The third kappa shape index (κ3) is 3.44. The summed E-state index contributed by atoms with van der Waals surface area (Å²) >= 11 is 7.40. The molecule has 1 heterocycles. The van der Waals surface area contributed by atoms with E-state index in [1.165, 1.54) is 23.5 Å². The van der Waals surface area contributed by atoms with Crippen LogP contribution < -0.4 is 9.94 Å². The third-order valence-corrected chi connectivity index (χ3v) is 5.75. The van der Waals surface area contributed by atoms with Gasteiger partial charge in [-0.2, -0.15) is 0 Å². The average molecular weight is 380 g/mol. The van der Waals surface area contributed by atoms with Crippen LogP contribution in [0.25, 0.3) is 11.3 Å². The molecule has 8 heteroatoms. The molecule has 0 amide bonds. The molecule has 3 aromatic rings. The molecule has 2 aromatic carbocycles. The molecule has 0 aliphatic rings. The molecule has 0 saturated carbocycles. The van der Waals surface area contributed by atoms with Gasteiger partial charge in [0.2, 0.25) is 10.0 Å². The number of benzene rings is 2. The first kappa shape index (κ1) is 16.9. The maximum absolute atomic E-state index is 11.6. The summed E-state index contributed by atoms with van der Waals surface area (Å²) in [7, 11) is -2.01. The minimum Gasteiger partial charge on any atom is -0.320 e. The van der Waals surface area contributed by atoms with Gasteiger partial charge in [0.05, 0.1) is 16.4 Å². The normalized spacial score (nSPS) is 12.5. The van der Waals surface area contributed by atoms with Crippen LogP contribution >= 0.6 is 22.9 Å². The van der Waals surface area contributed by atoms with Gasteiger partial charge in [0.25, 0.3) is 0 Å². The lowest BCUT2D eigenvalue weighted by Crippen LogP contribution is -2.13. The molecular formula is C16H14ClN3O2S2. The van der Waals surface area contributed by atoms with Gasteiger partial charge < -0.3 is 4.57 Å². The Labute approximate surface area is 148 Å². The number of thiazole rings is 1. The lowest BCUT2D eigenvalue weighted by atomic mass is 10.2. The maximum Gasteiger partial charge on any atom is 0.239 e. The van der Waals surface area contributed by atoms with Crippen LogP contribution in [0, 0.1) is 0 Å². The molecule has 0 radical (unpaired) electrons. The smallest absolute Gasteiger partial charge is 0.239 e. The number of halogens is 1. The molecule has 124 valence electrons. The van der Waals surface area contributed by atoms with E-state index in [-0.39, 0.29) is 9.92 Å². The summed E-state index contributed by atoms with van der Waals surface area (Å²) < 4.78 is 25.2. The van der Waals surface area contributed by atoms with Gasteiger partial charge in [-0.05, 0) is 24.3 Å². The molecule has 0 unspecified atom stereocenters. The van der Waals surface area contributed by atoms with Gasteiger partial charge in [0.15, 0.2) is 4.80 Å². The van der Waals surface area contributed by atoms with Crippen LogP contribution in [0.4, 0.5) is 5.69 Å². The average Bonchev–Trinajstić information content (AvgIpc) is 2.89. The molecule has 24 heavy (non-hydrogen) atoms. The second-order valence-electron chi connectivity index (χ2n) is 5.10. The standard InChI is InChI=1S/C16H14ClN3O2S2/c1-20-14(10-23-16(20)19-12-5-3-2-4-6-12)11-7-8-13(17)15(9-11)24(18,21)22/h2-10H,1H3,(H2,18,21,22). The summed E-state index contributed by atoms with van der Waals surface area (Å²) in [5.41, 5.74) is 2.38. The fourth-order valence-electron chi connectivity index (χ4n) is 2.23. The molecule has 5 nitrogen and oxygen atoms in total. The van der Waals surface area contributed by atoms with E-state index in [0.717, 1.165) is 16.2 Å². The highest BCUT2D eigenvalue weighted by atomic mass is 35.5. The van der Waals surface area contributed by atoms with Crippen LogP contribution in [-0.4, -0.2) is 13.0 Å². The fraction of sp³-hybridized carbons (Fsp3) is 0.0625. The van der Waals surface area contributed by atoms with Crippen molar-refractivity contribution >= 4 is 38.6 Å². The van der Waals surface area contributed by atoms with Crippen LogP contribution in [0.5, 0.6) is 0 Å². The predicted octanol–water partition coefficient (Wildman–Crippen LogP) is 3.29. The van der Waals surface area contributed by atoms with Crippen molar-refractivity contribution in [2.75, 3.05) is 0 Å².